The second-order valence-corrected chi connectivity index (χ2v) is 5.78. The maximum atomic E-state index is 4.43. The van der Waals surface area contributed by atoms with E-state index < -0.39 is 0 Å². The minimum absolute atomic E-state index is 0.852. The van der Waals surface area contributed by atoms with Crippen LogP contribution in [0.15, 0.2) is 36.9 Å². The molecule has 0 bridgehead atoms. The Morgan fingerprint density at radius 3 is 2.84 bits per heavy atom. The molecule has 0 unspecified atom stereocenters. The first-order valence-corrected chi connectivity index (χ1v) is 6.94. The van der Waals surface area contributed by atoms with Crippen LogP contribution in [0.1, 0.15) is 26.7 Å². The van der Waals surface area contributed by atoms with Crippen LogP contribution in [0.5, 0.6) is 0 Å². The number of nitrogens with one attached hydrogen (secondary N) is 1. The lowest BCUT2D eigenvalue weighted by Gasteiger charge is -2.02. The zero-order valence-electron chi connectivity index (χ0n) is 10.6. The van der Waals surface area contributed by atoms with E-state index in [0.717, 1.165) is 23.5 Å². The SMILES string of the molecule is Cc1ncc(Cc2cc(Cc3cn[nH]c3)ccn2)s1. The molecular weight excluding hydrogens is 256 g/mol. The number of pyridine rings is 1. The smallest absolute Gasteiger partial charge is 0.0896 e. The van der Waals surface area contributed by atoms with Gasteiger partial charge in [0.1, 0.15) is 0 Å². The molecule has 96 valence electrons. The zero-order chi connectivity index (χ0) is 13.1. The predicted octanol–water partition coefficient (Wildman–Crippen LogP) is 2.75. The largest absolute Gasteiger partial charge is 0.285 e. The van der Waals surface area contributed by atoms with E-state index in [1.165, 1.54) is 16.0 Å². The minimum atomic E-state index is 0.852. The summed E-state index contributed by atoms with van der Waals surface area (Å²) in [6, 6.07) is 4.20. The lowest BCUT2D eigenvalue weighted by Crippen LogP contribution is -1.93. The highest BCUT2D eigenvalue weighted by Crippen LogP contribution is 2.16. The summed E-state index contributed by atoms with van der Waals surface area (Å²) in [5.74, 6) is 0. The number of aryl methyl sites for hydroxylation is 1. The summed E-state index contributed by atoms with van der Waals surface area (Å²) in [4.78, 5) is 9.96. The molecular formula is C14H14N4S. The second kappa shape index (κ2) is 5.32. The summed E-state index contributed by atoms with van der Waals surface area (Å²) in [7, 11) is 0. The van der Waals surface area contributed by atoms with Crippen molar-refractivity contribution in [1.82, 2.24) is 20.2 Å². The van der Waals surface area contributed by atoms with Crippen molar-refractivity contribution < 1.29 is 0 Å². The Hall–Kier alpha value is -2.01. The van der Waals surface area contributed by atoms with Crippen molar-refractivity contribution in [2.24, 2.45) is 0 Å². The van der Waals surface area contributed by atoms with E-state index in [0.29, 0.717) is 0 Å². The Morgan fingerprint density at radius 1 is 1.16 bits per heavy atom. The van der Waals surface area contributed by atoms with Crippen molar-refractivity contribution in [2.45, 2.75) is 19.8 Å². The monoisotopic (exact) mass is 270 g/mol. The molecule has 0 amide bonds. The van der Waals surface area contributed by atoms with Gasteiger partial charge in [-0.2, -0.15) is 5.10 Å². The van der Waals surface area contributed by atoms with Gasteiger partial charge in [-0.3, -0.25) is 10.1 Å². The molecule has 3 heterocycles. The van der Waals surface area contributed by atoms with E-state index in [2.05, 4.69) is 32.3 Å². The summed E-state index contributed by atoms with van der Waals surface area (Å²) in [6.45, 7) is 2.02. The van der Waals surface area contributed by atoms with Crippen LogP contribution in [0.3, 0.4) is 0 Å². The van der Waals surface area contributed by atoms with Crippen molar-refractivity contribution >= 4 is 11.3 Å². The fourth-order valence-electron chi connectivity index (χ4n) is 2.01. The lowest BCUT2D eigenvalue weighted by molar-refractivity contribution is 1.06. The number of aromatic amines is 1. The average Bonchev–Trinajstić information content (AvgIpc) is 3.02. The number of H-pyrrole nitrogens is 1. The van der Waals surface area contributed by atoms with E-state index >= 15 is 0 Å². The molecule has 4 nitrogen and oxygen atoms in total. The molecule has 0 aliphatic carbocycles. The third-order valence-corrected chi connectivity index (χ3v) is 3.78. The number of aromatic nitrogens is 4. The molecule has 3 aromatic rings. The van der Waals surface area contributed by atoms with Gasteiger partial charge in [-0.15, -0.1) is 11.3 Å². The van der Waals surface area contributed by atoms with Crippen LogP contribution in [-0.2, 0) is 12.8 Å². The molecule has 0 spiro atoms. The van der Waals surface area contributed by atoms with Crippen LogP contribution in [0, 0.1) is 6.92 Å². The lowest BCUT2D eigenvalue weighted by atomic mass is 10.1. The van der Waals surface area contributed by atoms with Crippen LogP contribution in [0.25, 0.3) is 0 Å². The maximum Gasteiger partial charge on any atom is 0.0896 e. The van der Waals surface area contributed by atoms with Crippen LogP contribution in [-0.4, -0.2) is 20.2 Å². The molecule has 0 saturated heterocycles. The molecule has 19 heavy (non-hydrogen) atoms. The highest BCUT2D eigenvalue weighted by Gasteiger charge is 2.04. The molecule has 0 aliphatic heterocycles. The fraction of sp³-hybridized carbons (Fsp3) is 0.214. The summed E-state index contributed by atoms with van der Waals surface area (Å²) in [5, 5.41) is 7.90. The minimum Gasteiger partial charge on any atom is -0.285 e. The van der Waals surface area contributed by atoms with Gasteiger partial charge in [-0.1, -0.05) is 0 Å². The van der Waals surface area contributed by atoms with Crippen molar-refractivity contribution in [3.63, 3.8) is 0 Å². The van der Waals surface area contributed by atoms with Crippen molar-refractivity contribution in [1.29, 1.82) is 0 Å². The van der Waals surface area contributed by atoms with E-state index in [1.807, 2.05) is 31.7 Å². The highest BCUT2D eigenvalue weighted by molar-refractivity contribution is 7.11. The Bertz CT molecular complexity index is 658. The number of hydrogen-bond donors (Lipinski definition) is 1. The molecule has 0 fully saturated rings. The standard InChI is InChI=1S/C14H14N4S/c1-10-16-9-14(19-10)6-13-5-11(2-3-15-13)4-12-7-17-18-8-12/h2-3,5,7-9H,4,6H2,1H3,(H,17,18). The first-order valence-electron chi connectivity index (χ1n) is 6.12. The molecule has 3 rings (SSSR count). The van der Waals surface area contributed by atoms with Crippen molar-refractivity contribution in [2.75, 3.05) is 0 Å². The number of hydrogen-bond acceptors (Lipinski definition) is 4. The molecule has 0 aromatic carbocycles. The topological polar surface area (TPSA) is 54.5 Å². The summed E-state index contributed by atoms with van der Waals surface area (Å²) >= 11 is 1.73. The normalized spacial score (nSPS) is 10.8. The second-order valence-electron chi connectivity index (χ2n) is 4.46. The first-order chi connectivity index (χ1) is 9.29. The van der Waals surface area contributed by atoms with Gasteiger partial charge in [0, 0.05) is 42.0 Å². The number of thiazole rings is 1. The Labute approximate surface area is 115 Å². The van der Waals surface area contributed by atoms with Gasteiger partial charge in [-0.05, 0) is 30.2 Å². The molecule has 1 N–H and O–H groups in total. The van der Waals surface area contributed by atoms with Gasteiger partial charge in [0.25, 0.3) is 0 Å². The van der Waals surface area contributed by atoms with Gasteiger partial charge in [0.05, 0.1) is 11.2 Å². The van der Waals surface area contributed by atoms with Crippen molar-refractivity contribution in [3.8, 4) is 0 Å². The average molecular weight is 270 g/mol. The van der Waals surface area contributed by atoms with Crippen LogP contribution >= 0.6 is 11.3 Å². The third-order valence-electron chi connectivity index (χ3n) is 2.87. The molecule has 0 aliphatic rings. The first kappa shape index (κ1) is 12.0. The predicted molar refractivity (Wildman–Crippen MR) is 75.3 cm³/mol. The van der Waals surface area contributed by atoms with E-state index in [9.17, 15) is 0 Å². The zero-order valence-corrected chi connectivity index (χ0v) is 11.4. The van der Waals surface area contributed by atoms with Gasteiger partial charge >= 0.3 is 0 Å². The third kappa shape index (κ3) is 3.06. The quantitative estimate of drug-likeness (QED) is 0.793. The summed E-state index contributed by atoms with van der Waals surface area (Å²) in [6.07, 6.45) is 9.32. The number of nitrogens with zero attached hydrogens (tertiary/aromatic N) is 3. The van der Waals surface area contributed by atoms with E-state index in [-0.39, 0.29) is 0 Å². The van der Waals surface area contributed by atoms with Crippen LogP contribution < -0.4 is 0 Å². The molecule has 0 saturated carbocycles. The van der Waals surface area contributed by atoms with Gasteiger partial charge in [0.2, 0.25) is 0 Å². The van der Waals surface area contributed by atoms with E-state index in [4.69, 9.17) is 0 Å². The van der Waals surface area contributed by atoms with Crippen LogP contribution in [0.4, 0.5) is 0 Å². The molecule has 5 heteroatoms. The summed E-state index contributed by atoms with van der Waals surface area (Å²) in [5.41, 5.74) is 3.53. The Morgan fingerprint density at radius 2 is 2.11 bits per heavy atom. The maximum absolute atomic E-state index is 4.43. The Kier molecular flexibility index (Phi) is 3.37. The highest BCUT2D eigenvalue weighted by atomic mass is 32.1. The van der Waals surface area contributed by atoms with Crippen LogP contribution in [0.2, 0.25) is 0 Å². The Balaban J connectivity index is 1.76. The van der Waals surface area contributed by atoms with Gasteiger partial charge in [0.15, 0.2) is 0 Å². The molecule has 0 atom stereocenters. The fourth-order valence-corrected chi connectivity index (χ4v) is 2.82. The number of rotatable bonds is 4. The van der Waals surface area contributed by atoms with E-state index in [1.54, 1.807) is 11.3 Å². The summed E-state index contributed by atoms with van der Waals surface area (Å²) < 4.78 is 0. The van der Waals surface area contributed by atoms with Gasteiger partial charge in [-0.25, -0.2) is 4.98 Å². The van der Waals surface area contributed by atoms with Gasteiger partial charge < -0.3 is 0 Å². The van der Waals surface area contributed by atoms with Crippen molar-refractivity contribution in [3.05, 3.63) is 63.6 Å². The molecule has 0 radical (unpaired) electrons. The molecule has 3 aromatic heterocycles.